The van der Waals surface area contributed by atoms with Crippen LogP contribution in [-0.4, -0.2) is 41.3 Å². The molecule has 3 fully saturated rings. The highest BCUT2D eigenvalue weighted by atomic mass is 19.1. The number of aliphatic hydroxyl groups is 1. The normalized spacial score (nSPS) is 27.1. The molecule has 0 radical (unpaired) electrons. The van der Waals surface area contributed by atoms with Crippen molar-refractivity contribution >= 4 is 11.9 Å². The Kier molecular flexibility index (Phi) is 8.51. The molecule has 2 saturated carbocycles. The van der Waals surface area contributed by atoms with Crippen molar-refractivity contribution < 1.29 is 28.2 Å². The zero-order chi connectivity index (χ0) is 32.1. The van der Waals surface area contributed by atoms with Crippen LogP contribution in [-0.2, 0) is 31.7 Å². The molecule has 44 heavy (non-hydrogen) atoms. The van der Waals surface area contributed by atoms with Crippen LogP contribution in [0, 0.1) is 22.5 Å². The first-order valence-electron chi connectivity index (χ1n) is 16.1. The molecule has 1 amide bonds. The van der Waals surface area contributed by atoms with Crippen LogP contribution >= 0.6 is 0 Å². The largest absolute Gasteiger partial charge is 0.448 e. The predicted molar refractivity (Wildman–Crippen MR) is 166 cm³/mol. The first-order valence-corrected chi connectivity index (χ1v) is 16.1. The highest BCUT2D eigenvalue weighted by Crippen LogP contribution is 2.65. The van der Waals surface area contributed by atoms with Gasteiger partial charge in [0.05, 0.1) is 17.6 Å². The van der Waals surface area contributed by atoms with Crippen molar-refractivity contribution in [1.29, 1.82) is 0 Å². The summed E-state index contributed by atoms with van der Waals surface area (Å²) in [5.74, 6) is -2.34. The Morgan fingerprint density at radius 1 is 0.977 bits per heavy atom. The highest BCUT2D eigenvalue weighted by Gasteiger charge is 2.75. The first-order chi connectivity index (χ1) is 20.5. The van der Waals surface area contributed by atoms with E-state index in [-0.39, 0.29) is 23.9 Å². The zero-order valence-electron chi connectivity index (χ0n) is 27.0. The molecule has 1 heterocycles. The average Bonchev–Trinajstić information content (AvgIpc) is 3.25. The highest BCUT2D eigenvalue weighted by molar-refractivity contribution is 5.96. The predicted octanol–water partition coefficient (Wildman–Crippen LogP) is 6.22. The fourth-order valence-corrected chi connectivity index (χ4v) is 7.75. The van der Waals surface area contributed by atoms with Crippen molar-refractivity contribution in [3.8, 4) is 0 Å². The van der Waals surface area contributed by atoms with E-state index < -0.39 is 52.1 Å². The van der Waals surface area contributed by atoms with Gasteiger partial charge in [-0.05, 0) is 73.3 Å². The molecule has 6 nitrogen and oxygen atoms in total. The van der Waals surface area contributed by atoms with Gasteiger partial charge in [-0.3, -0.25) is 9.59 Å². The Morgan fingerprint density at radius 2 is 1.64 bits per heavy atom. The van der Waals surface area contributed by atoms with Gasteiger partial charge in [-0.2, -0.15) is 0 Å². The van der Waals surface area contributed by atoms with E-state index in [0.29, 0.717) is 18.4 Å². The van der Waals surface area contributed by atoms with Gasteiger partial charge >= 0.3 is 5.97 Å². The van der Waals surface area contributed by atoms with Crippen molar-refractivity contribution in [3.63, 3.8) is 0 Å². The third-order valence-corrected chi connectivity index (χ3v) is 11.2. The molecule has 8 heteroatoms. The Bertz CT molecular complexity index is 1390. The monoisotopic (exact) mass is 610 g/mol. The number of aliphatic hydroxyl groups excluding tert-OH is 1. The first kappa shape index (κ1) is 32.6. The van der Waals surface area contributed by atoms with Gasteiger partial charge in [0.2, 0.25) is 0 Å². The lowest BCUT2D eigenvalue weighted by molar-refractivity contribution is -0.168. The molecule has 4 unspecified atom stereocenters. The van der Waals surface area contributed by atoms with E-state index >= 15 is 0 Å². The minimum absolute atomic E-state index is 0.00248. The molecule has 0 aromatic heterocycles. The fourth-order valence-electron chi connectivity index (χ4n) is 7.75. The van der Waals surface area contributed by atoms with E-state index in [4.69, 9.17) is 4.74 Å². The molecule has 2 aromatic carbocycles. The number of amides is 1. The number of carbonyl (C=O) groups excluding carboxylic acids is 2. The minimum atomic E-state index is -1.38. The lowest BCUT2D eigenvalue weighted by atomic mass is 9.66. The second kappa shape index (κ2) is 11.5. The van der Waals surface area contributed by atoms with Gasteiger partial charge in [0.15, 0.2) is 5.60 Å². The Labute approximate surface area is 260 Å². The molecular formula is C36H48F2N2O4. The van der Waals surface area contributed by atoms with Crippen LogP contribution in [0.2, 0.25) is 0 Å². The smallest absolute Gasteiger partial charge is 0.313 e. The molecule has 3 aliphatic rings. The maximum absolute atomic E-state index is 14.2. The van der Waals surface area contributed by atoms with Gasteiger partial charge in [-0.25, -0.2) is 8.78 Å². The number of hydrogen-bond acceptors (Lipinski definition) is 5. The molecule has 2 bridgehead atoms. The summed E-state index contributed by atoms with van der Waals surface area (Å²) in [6.45, 7) is 12.3. The third kappa shape index (κ3) is 5.57. The topological polar surface area (TPSA) is 87.7 Å². The van der Waals surface area contributed by atoms with Crippen molar-refractivity contribution in [3.05, 3.63) is 70.8 Å². The molecule has 2 aliphatic carbocycles. The summed E-state index contributed by atoms with van der Waals surface area (Å²) in [5.41, 5.74) is -0.595. The van der Waals surface area contributed by atoms with Gasteiger partial charge in [0.1, 0.15) is 11.6 Å². The molecule has 2 aromatic rings. The second-order valence-corrected chi connectivity index (χ2v) is 15.2. The second-order valence-electron chi connectivity index (χ2n) is 15.2. The van der Waals surface area contributed by atoms with Crippen molar-refractivity contribution in [2.75, 3.05) is 6.54 Å². The van der Waals surface area contributed by atoms with Crippen molar-refractivity contribution in [1.82, 2.24) is 10.6 Å². The van der Waals surface area contributed by atoms with Crippen LogP contribution in [0.5, 0.6) is 0 Å². The standard InChI is InChI=1S/C36H48F2N2O4/c1-32(2,3)24-11-10-12-25(20-24)35(13-8-7-9-14-35)39-22-29(41)28(19-23-17-26(37)21-27(38)18-23)40-30(42)36-16-15-34(6,31(43)44-36)33(36,4)5/h10-12,17-18,20-21,28-29,39,41H,7-9,13-16,19,22H2,1-6H3,(H,40,42). The maximum Gasteiger partial charge on any atom is 0.313 e. The summed E-state index contributed by atoms with van der Waals surface area (Å²) in [5, 5.41) is 18.4. The number of halogens is 2. The Balaban J connectivity index is 1.42. The van der Waals surface area contributed by atoms with Gasteiger partial charge in [0, 0.05) is 23.6 Å². The number of carbonyl (C=O) groups is 2. The van der Waals surface area contributed by atoms with Gasteiger partial charge in [0.25, 0.3) is 5.91 Å². The maximum atomic E-state index is 14.2. The van der Waals surface area contributed by atoms with E-state index in [1.807, 2.05) is 20.8 Å². The number of benzene rings is 2. The Hall–Kier alpha value is -2.84. The zero-order valence-corrected chi connectivity index (χ0v) is 27.0. The minimum Gasteiger partial charge on any atom is -0.448 e. The molecule has 1 saturated heterocycles. The van der Waals surface area contributed by atoms with Gasteiger partial charge in [-0.15, -0.1) is 0 Å². The van der Waals surface area contributed by atoms with E-state index in [1.165, 1.54) is 23.3 Å². The lowest BCUT2D eigenvalue weighted by Gasteiger charge is -2.41. The van der Waals surface area contributed by atoms with Crippen LogP contribution in [0.4, 0.5) is 8.78 Å². The Morgan fingerprint density at radius 3 is 2.20 bits per heavy atom. The van der Waals surface area contributed by atoms with Crippen molar-refractivity contribution in [2.45, 2.75) is 122 Å². The van der Waals surface area contributed by atoms with E-state index in [1.54, 1.807) is 0 Å². The van der Waals surface area contributed by atoms with Crippen LogP contribution in [0.3, 0.4) is 0 Å². The van der Waals surface area contributed by atoms with Crippen molar-refractivity contribution in [2.24, 2.45) is 10.8 Å². The number of esters is 1. The van der Waals surface area contributed by atoms with Crippen LogP contribution in [0.15, 0.2) is 42.5 Å². The van der Waals surface area contributed by atoms with E-state index in [0.717, 1.165) is 38.2 Å². The molecule has 5 rings (SSSR count). The van der Waals surface area contributed by atoms with Gasteiger partial charge < -0.3 is 20.5 Å². The fraction of sp³-hybridized carbons (Fsp3) is 0.611. The number of nitrogens with one attached hydrogen (secondary N) is 2. The summed E-state index contributed by atoms with van der Waals surface area (Å²) < 4.78 is 34.2. The molecular weight excluding hydrogens is 562 g/mol. The number of ether oxygens (including phenoxy) is 1. The number of rotatable bonds is 9. The summed E-state index contributed by atoms with van der Waals surface area (Å²) >= 11 is 0. The van der Waals surface area contributed by atoms with Crippen LogP contribution < -0.4 is 10.6 Å². The van der Waals surface area contributed by atoms with E-state index in [2.05, 4.69) is 55.7 Å². The third-order valence-electron chi connectivity index (χ3n) is 11.2. The van der Waals surface area contributed by atoms with E-state index in [9.17, 15) is 23.5 Å². The lowest BCUT2D eigenvalue weighted by Crippen LogP contribution is -2.59. The molecule has 3 N–H and O–H groups in total. The molecule has 0 spiro atoms. The number of hydrogen-bond donors (Lipinski definition) is 3. The molecule has 4 atom stereocenters. The number of fused-ring (bicyclic) bond motifs is 2. The average molecular weight is 611 g/mol. The summed E-state index contributed by atoms with van der Waals surface area (Å²) in [7, 11) is 0. The van der Waals surface area contributed by atoms with Crippen LogP contribution in [0.25, 0.3) is 0 Å². The quantitative estimate of drug-likeness (QED) is 0.294. The summed E-state index contributed by atoms with van der Waals surface area (Å²) in [6.07, 6.45) is 4.85. The van der Waals surface area contributed by atoms with Gasteiger partial charge in [-0.1, -0.05) is 78.1 Å². The van der Waals surface area contributed by atoms with Crippen LogP contribution in [0.1, 0.15) is 103 Å². The SMILES string of the molecule is CC(C)(C)c1cccc(C2(NCC(O)C(Cc3cc(F)cc(F)c3)NC(=O)C34CCC(C)(C(=O)O3)C4(C)C)CCCCC2)c1. The molecule has 240 valence electrons. The molecule has 1 aliphatic heterocycles. The summed E-state index contributed by atoms with van der Waals surface area (Å²) in [4.78, 5) is 26.9. The summed E-state index contributed by atoms with van der Waals surface area (Å²) in [6, 6.07) is 11.0.